The van der Waals surface area contributed by atoms with Crippen LogP contribution >= 0.6 is 0 Å². The normalized spacial score (nSPS) is 24.6. The summed E-state index contributed by atoms with van der Waals surface area (Å²) in [6.45, 7) is 2.44. The number of rotatable bonds is 2. The van der Waals surface area contributed by atoms with E-state index >= 15 is 0 Å². The minimum Gasteiger partial charge on any atom is -0.480 e. The van der Waals surface area contributed by atoms with E-state index in [0.29, 0.717) is 6.54 Å². The van der Waals surface area contributed by atoms with Crippen LogP contribution in [-0.2, 0) is 4.79 Å². The molecule has 0 aromatic rings. The van der Waals surface area contributed by atoms with E-state index in [-0.39, 0.29) is 12.5 Å². The minimum absolute atomic E-state index is 0.0252. The van der Waals surface area contributed by atoms with Gasteiger partial charge in [0, 0.05) is 6.54 Å². The Morgan fingerprint density at radius 2 is 2.31 bits per heavy atom. The molecule has 0 bridgehead atoms. The average molecular weight is 224 g/mol. The summed E-state index contributed by atoms with van der Waals surface area (Å²) < 4.78 is 0. The third-order valence-corrected chi connectivity index (χ3v) is 2.79. The number of carbonyl (C=O) groups excluding carboxylic acids is 1. The highest BCUT2D eigenvalue weighted by atomic mass is 16.4. The number of nitrogens with one attached hydrogen (secondary N) is 1. The highest BCUT2D eigenvalue weighted by molar-refractivity contribution is 5.83. The van der Waals surface area contributed by atoms with Crippen LogP contribution in [-0.4, -0.2) is 41.1 Å². The Morgan fingerprint density at radius 3 is 2.88 bits per heavy atom. The second-order valence-corrected chi connectivity index (χ2v) is 3.96. The van der Waals surface area contributed by atoms with Crippen molar-refractivity contribution in [2.45, 2.75) is 25.8 Å². The number of hydrogen-bond acceptors (Lipinski definition) is 2. The van der Waals surface area contributed by atoms with Gasteiger partial charge in [-0.2, -0.15) is 0 Å². The van der Waals surface area contributed by atoms with E-state index in [1.54, 1.807) is 0 Å². The predicted octanol–water partition coefficient (Wildman–Crippen LogP) is 0.514. The molecule has 5 nitrogen and oxygen atoms in total. The Labute approximate surface area is 94.8 Å². The van der Waals surface area contributed by atoms with Crippen LogP contribution in [0.3, 0.4) is 0 Å². The number of likely N-dealkylation sites (tertiary alicyclic amines) is 1. The van der Waals surface area contributed by atoms with Crippen molar-refractivity contribution < 1.29 is 14.7 Å². The predicted molar refractivity (Wildman–Crippen MR) is 58.8 cm³/mol. The molecule has 2 atom stereocenters. The zero-order valence-electron chi connectivity index (χ0n) is 9.27. The van der Waals surface area contributed by atoms with Gasteiger partial charge < -0.3 is 15.3 Å². The van der Waals surface area contributed by atoms with Crippen molar-refractivity contribution in [1.82, 2.24) is 10.2 Å². The Balaban J connectivity index is 2.71. The number of amides is 2. The van der Waals surface area contributed by atoms with Crippen molar-refractivity contribution in [1.29, 1.82) is 0 Å². The van der Waals surface area contributed by atoms with Crippen LogP contribution in [0.25, 0.3) is 0 Å². The first-order valence-corrected chi connectivity index (χ1v) is 5.28. The molecule has 2 amide bonds. The van der Waals surface area contributed by atoms with Gasteiger partial charge in [0.15, 0.2) is 0 Å². The molecule has 0 aromatic carbocycles. The lowest BCUT2D eigenvalue weighted by Crippen LogP contribution is -2.55. The second kappa shape index (κ2) is 5.40. The van der Waals surface area contributed by atoms with Gasteiger partial charge in [-0.05, 0) is 18.8 Å². The van der Waals surface area contributed by atoms with Gasteiger partial charge >= 0.3 is 12.0 Å². The number of carboxylic acids is 1. The monoisotopic (exact) mass is 224 g/mol. The van der Waals surface area contributed by atoms with Crippen molar-refractivity contribution in [3.63, 3.8) is 0 Å². The van der Waals surface area contributed by atoms with Gasteiger partial charge in [-0.1, -0.05) is 12.8 Å². The standard InChI is InChI=1S/C11H16N2O3/c1-3-6-12-11(16)13-7-4-5-8(2)9(13)10(14)15/h1,8-9H,4-7H2,2H3,(H,12,16)(H,14,15). The van der Waals surface area contributed by atoms with E-state index in [4.69, 9.17) is 11.5 Å². The van der Waals surface area contributed by atoms with E-state index in [2.05, 4.69) is 11.2 Å². The molecule has 2 N–H and O–H groups in total. The SMILES string of the molecule is C#CCNC(=O)N1CCCC(C)C1C(=O)O. The Hall–Kier alpha value is -1.70. The number of carbonyl (C=O) groups is 2. The molecule has 16 heavy (non-hydrogen) atoms. The summed E-state index contributed by atoms with van der Waals surface area (Å²) >= 11 is 0. The number of terminal acetylenes is 1. The van der Waals surface area contributed by atoms with Gasteiger partial charge in [0.1, 0.15) is 6.04 Å². The molecular weight excluding hydrogens is 208 g/mol. The van der Waals surface area contributed by atoms with Gasteiger partial charge in [-0.3, -0.25) is 0 Å². The molecule has 0 aromatic heterocycles. The van der Waals surface area contributed by atoms with Gasteiger partial charge in [0.25, 0.3) is 0 Å². The van der Waals surface area contributed by atoms with Crippen LogP contribution < -0.4 is 5.32 Å². The largest absolute Gasteiger partial charge is 0.480 e. The first kappa shape index (κ1) is 12.4. The molecule has 88 valence electrons. The quantitative estimate of drug-likeness (QED) is 0.672. The lowest BCUT2D eigenvalue weighted by molar-refractivity contribution is -0.145. The number of carboxylic acid groups (broad SMARTS) is 1. The van der Waals surface area contributed by atoms with Crippen molar-refractivity contribution in [2.24, 2.45) is 5.92 Å². The fraction of sp³-hybridized carbons (Fsp3) is 0.636. The summed E-state index contributed by atoms with van der Waals surface area (Å²) in [7, 11) is 0. The molecule has 0 saturated carbocycles. The first-order valence-electron chi connectivity index (χ1n) is 5.28. The molecule has 1 fully saturated rings. The Bertz CT molecular complexity index is 322. The topological polar surface area (TPSA) is 69.6 Å². The molecule has 0 radical (unpaired) electrons. The van der Waals surface area contributed by atoms with Crippen LogP contribution in [0.4, 0.5) is 4.79 Å². The van der Waals surface area contributed by atoms with Crippen LogP contribution in [0.2, 0.25) is 0 Å². The summed E-state index contributed by atoms with van der Waals surface area (Å²) in [5, 5.41) is 11.6. The van der Waals surface area contributed by atoms with E-state index < -0.39 is 18.0 Å². The maximum Gasteiger partial charge on any atom is 0.326 e. The molecule has 1 aliphatic heterocycles. The smallest absolute Gasteiger partial charge is 0.326 e. The second-order valence-electron chi connectivity index (χ2n) is 3.96. The lowest BCUT2D eigenvalue weighted by Gasteiger charge is -2.36. The Morgan fingerprint density at radius 1 is 1.62 bits per heavy atom. The number of aliphatic carboxylic acids is 1. The molecule has 1 aliphatic rings. The third kappa shape index (κ3) is 2.66. The summed E-state index contributed by atoms with van der Waals surface area (Å²) in [4.78, 5) is 24.1. The van der Waals surface area contributed by atoms with Crippen LogP contribution in [0.1, 0.15) is 19.8 Å². The molecule has 2 unspecified atom stereocenters. The van der Waals surface area contributed by atoms with Gasteiger partial charge in [0.05, 0.1) is 6.54 Å². The Kier molecular flexibility index (Phi) is 4.18. The number of hydrogen-bond donors (Lipinski definition) is 2. The lowest BCUT2D eigenvalue weighted by atomic mass is 9.91. The molecule has 5 heteroatoms. The zero-order valence-corrected chi connectivity index (χ0v) is 9.27. The van der Waals surface area contributed by atoms with Gasteiger partial charge in [0.2, 0.25) is 0 Å². The van der Waals surface area contributed by atoms with Crippen molar-refractivity contribution in [3.05, 3.63) is 0 Å². The number of piperidine rings is 1. The fourth-order valence-corrected chi connectivity index (χ4v) is 2.02. The van der Waals surface area contributed by atoms with Crippen molar-refractivity contribution in [2.75, 3.05) is 13.1 Å². The third-order valence-electron chi connectivity index (χ3n) is 2.79. The summed E-state index contributed by atoms with van der Waals surface area (Å²) in [6.07, 6.45) is 6.69. The summed E-state index contributed by atoms with van der Waals surface area (Å²) in [6, 6.07) is -1.14. The molecule has 0 spiro atoms. The summed E-state index contributed by atoms with van der Waals surface area (Å²) in [5.74, 6) is 1.31. The molecule has 1 saturated heterocycles. The van der Waals surface area contributed by atoms with E-state index in [1.807, 2.05) is 6.92 Å². The number of nitrogens with zero attached hydrogens (tertiary/aromatic N) is 1. The van der Waals surface area contributed by atoms with Gasteiger partial charge in [-0.25, -0.2) is 9.59 Å². The van der Waals surface area contributed by atoms with Crippen molar-refractivity contribution in [3.8, 4) is 12.3 Å². The van der Waals surface area contributed by atoms with Crippen LogP contribution in [0.15, 0.2) is 0 Å². The molecule has 1 rings (SSSR count). The van der Waals surface area contributed by atoms with Crippen LogP contribution in [0, 0.1) is 18.3 Å². The fourth-order valence-electron chi connectivity index (χ4n) is 2.02. The van der Waals surface area contributed by atoms with E-state index in [0.717, 1.165) is 12.8 Å². The highest BCUT2D eigenvalue weighted by Crippen LogP contribution is 2.23. The average Bonchev–Trinajstić information content (AvgIpc) is 2.24. The molecular formula is C11H16N2O3. The minimum atomic E-state index is -0.956. The van der Waals surface area contributed by atoms with Crippen LogP contribution in [0.5, 0.6) is 0 Å². The highest BCUT2D eigenvalue weighted by Gasteiger charge is 2.36. The molecule has 1 heterocycles. The van der Waals surface area contributed by atoms with Gasteiger partial charge in [-0.15, -0.1) is 6.42 Å². The maximum absolute atomic E-state index is 11.7. The summed E-state index contributed by atoms with van der Waals surface area (Å²) in [5.41, 5.74) is 0. The van der Waals surface area contributed by atoms with Crippen molar-refractivity contribution >= 4 is 12.0 Å². The van der Waals surface area contributed by atoms with E-state index in [9.17, 15) is 9.59 Å². The maximum atomic E-state index is 11.7. The number of urea groups is 1. The zero-order chi connectivity index (χ0) is 12.1. The van der Waals surface area contributed by atoms with E-state index in [1.165, 1.54) is 4.90 Å². The molecule has 0 aliphatic carbocycles. The first-order chi connectivity index (χ1) is 7.57.